The van der Waals surface area contributed by atoms with E-state index in [9.17, 15) is 4.79 Å². The van der Waals surface area contributed by atoms with Crippen LogP contribution in [0.25, 0.3) is 6.08 Å². The summed E-state index contributed by atoms with van der Waals surface area (Å²) < 4.78 is 10.7. The molecule has 0 atom stereocenters. The maximum Gasteiger partial charge on any atom is 0.264 e. The second-order valence-electron chi connectivity index (χ2n) is 5.88. The summed E-state index contributed by atoms with van der Waals surface area (Å²) in [6.07, 6.45) is 1.83. The number of rotatable bonds is 2. The van der Waals surface area contributed by atoms with E-state index in [1.54, 1.807) is 0 Å². The molecule has 2 aromatic rings. The Morgan fingerprint density at radius 1 is 1.12 bits per heavy atom. The fraction of sp³-hybridized carbons (Fsp3) is 0.158. The first-order chi connectivity index (χ1) is 12.1. The van der Waals surface area contributed by atoms with Crippen LogP contribution in [0.2, 0.25) is 0 Å². The van der Waals surface area contributed by atoms with Gasteiger partial charge >= 0.3 is 0 Å². The number of carbonyl (C=O) groups is 1. The van der Waals surface area contributed by atoms with Crippen LogP contribution in [0.5, 0.6) is 11.5 Å². The van der Waals surface area contributed by atoms with Gasteiger partial charge in [0.05, 0.1) is 10.6 Å². The minimum Gasteiger partial charge on any atom is -0.454 e. The molecule has 25 heavy (non-hydrogen) atoms. The van der Waals surface area contributed by atoms with Gasteiger partial charge in [-0.1, -0.05) is 23.8 Å². The molecule has 1 amide bonds. The quantitative estimate of drug-likeness (QED) is 0.832. The molecule has 5 nitrogen and oxygen atoms in total. The van der Waals surface area contributed by atoms with Crippen LogP contribution in [0.4, 0.5) is 5.69 Å². The number of thioether (sulfide) groups is 1. The highest BCUT2D eigenvalue weighted by Crippen LogP contribution is 2.35. The van der Waals surface area contributed by atoms with Gasteiger partial charge in [0.1, 0.15) is 0 Å². The Balaban J connectivity index is 1.58. The third kappa shape index (κ3) is 3.25. The molecule has 2 aliphatic heterocycles. The molecule has 1 saturated heterocycles. The predicted molar refractivity (Wildman–Crippen MR) is 99.3 cm³/mol. The topological polar surface area (TPSA) is 59.9 Å². The van der Waals surface area contributed by atoms with Crippen molar-refractivity contribution in [2.75, 3.05) is 6.79 Å². The highest BCUT2D eigenvalue weighted by Gasteiger charge is 2.24. The lowest BCUT2D eigenvalue weighted by Crippen LogP contribution is -2.19. The van der Waals surface area contributed by atoms with Crippen molar-refractivity contribution >= 4 is 34.6 Å². The van der Waals surface area contributed by atoms with Crippen molar-refractivity contribution < 1.29 is 14.3 Å². The highest BCUT2D eigenvalue weighted by molar-refractivity contribution is 8.18. The average Bonchev–Trinajstić information content (AvgIpc) is 3.17. The Bertz CT molecular complexity index is 934. The SMILES string of the molecule is Cc1ccc(N=C2NC(=O)/C(=C/c3ccc4c(c3)OCO4)S2)c(C)c1. The van der Waals surface area contributed by atoms with Gasteiger partial charge in [-0.25, -0.2) is 4.99 Å². The van der Waals surface area contributed by atoms with Gasteiger partial charge in [-0.05, 0) is 61.0 Å². The zero-order valence-electron chi connectivity index (χ0n) is 13.8. The summed E-state index contributed by atoms with van der Waals surface area (Å²) in [6, 6.07) is 11.7. The van der Waals surface area contributed by atoms with E-state index in [4.69, 9.17) is 9.47 Å². The van der Waals surface area contributed by atoms with E-state index >= 15 is 0 Å². The number of amidine groups is 1. The summed E-state index contributed by atoms with van der Waals surface area (Å²) in [5.41, 5.74) is 4.01. The van der Waals surface area contributed by atoms with Crippen molar-refractivity contribution in [3.63, 3.8) is 0 Å². The van der Waals surface area contributed by atoms with E-state index in [2.05, 4.69) is 16.4 Å². The summed E-state index contributed by atoms with van der Waals surface area (Å²) in [5, 5.41) is 3.40. The van der Waals surface area contributed by atoms with Gasteiger partial charge in [0.15, 0.2) is 16.7 Å². The Labute approximate surface area is 149 Å². The third-order valence-electron chi connectivity index (χ3n) is 3.92. The van der Waals surface area contributed by atoms with Crippen LogP contribution in [0.3, 0.4) is 0 Å². The summed E-state index contributed by atoms with van der Waals surface area (Å²) in [5.74, 6) is 1.27. The van der Waals surface area contributed by atoms with E-state index < -0.39 is 0 Å². The van der Waals surface area contributed by atoms with Crippen molar-refractivity contribution in [3.8, 4) is 11.5 Å². The van der Waals surface area contributed by atoms with Crippen LogP contribution in [-0.2, 0) is 4.79 Å². The smallest absolute Gasteiger partial charge is 0.264 e. The molecule has 0 aliphatic carbocycles. The molecule has 0 unspecified atom stereocenters. The first-order valence-corrected chi connectivity index (χ1v) is 8.67. The van der Waals surface area contributed by atoms with E-state index in [1.807, 2.05) is 50.3 Å². The Kier molecular flexibility index (Phi) is 3.97. The van der Waals surface area contributed by atoms with E-state index in [0.29, 0.717) is 15.8 Å². The molecule has 1 fully saturated rings. The largest absolute Gasteiger partial charge is 0.454 e. The summed E-state index contributed by atoms with van der Waals surface area (Å²) in [6.45, 7) is 4.29. The molecule has 0 radical (unpaired) electrons. The predicted octanol–water partition coefficient (Wildman–Crippen LogP) is 3.92. The Morgan fingerprint density at radius 3 is 2.80 bits per heavy atom. The maximum atomic E-state index is 12.2. The van der Waals surface area contributed by atoms with E-state index in [-0.39, 0.29) is 12.7 Å². The molecule has 0 bridgehead atoms. The molecule has 0 saturated carbocycles. The van der Waals surface area contributed by atoms with Crippen molar-refractivity contribution in [1.82, 2.24) is 5.32 Å². The first kappa shape index (κ1) is 15.8. The van der Waals surface area contributed by atoms with Crippen LogP contribution < -0.4 is 14.8 Å². The molecule has 0 spiro atoms. The van der Waals surface area contributed by atoms with Crippen LogP contribution in [0, 0.1) is 13.8 Å². The normalized spacial score (nSPS) is 18.9. The number of amides is 1. The molecule has 6 heteroatoms. The molecular formula is C19H16N2O3S. The molecule has 0 aromatic heterocycles. The van der Waals surface area contributed by atoms with E-state index in [0.717, 1.165) is 22.6 Å². The fourth-order valence-electron chi connectivity index (χ4n) is 2.68. The van der Waals surface area contributed by atoms with Gasteiger partial charge in [0.25, 0.3) is 5.91 Å². The van der Waals surface area contributed by atoms with Crippen molar-refractivity contribution in [3.05, 3.63) is 58.0 Å². The summed E-state index contributed by atoms with van der Waals surface area (Å²) in [7, 11) is 0. The number of aliphatic imine (C=N–C) groups is 1. The number of hydrogen-bond acceptors (Lipinski definition) is 5. The third-order valence-corrected chi connectivity index (χ3v) is 4.83. The maximum absolute atomic E-state index is 12.2. The zero-order chi connectivity index (χ0) is 17.4. The molecule has 2 aromatic carbocycles. The zero-order valence-corrected chi connectivity index (χ0v) is 14.6. The van der Waals surface area contributed by atoms with Gasteiger partial charge in [-0.2, -0.15) is 0 Å². The first-order valence-electron chi connectivity index (χ1n) is 7.85. The van der Waals surface area contributed by atoms with Gasteiger partial charge < -0.3 is 14.8 Å². The van der Waals surface area contributed by atoms with Crippen molar-refractivity contribution in [1.29, 1.82) is 0 Å². The lowest BCUT2D eigenvalue weighted by molar-refractivity contribution is -0.115. The summed E-state index contributed by atoms with van der Waals surface area (Å²) >= 11 is 1.33. The Hall–Kier alpha value is -2.73. The van der Waals surface area contributed by atoms with Crippen LogP contribution in [0.1, 0.15) is 16.7 Å². The lowest BCUT2D eigenvalue weighted by Gasteiger charge is -2.02. The van der Waals surface area contributed by atoms with Gasteiger partial charge in [0.2, 0.25) is 6.79 Å². The molecule has 4 rings (SSSR count). The number of aryl methyl sites for hydroxylation is 2. The number of ether oxygens (including phenoxy) is 2. The number of nitrogens with one attached hydrogen (secondary N) is 1. The number of carbonyl (C=O) groups excluding carboxylic acids is 1. The molecule has 1 N–H and O–H groups in total. The lowest BCUT2D eigenvalue weighted by atomic mass is 10.1. The number of benzene rings is 2. The number of nitrogens with zero attached hydrogens (tertiary/aromatic N) is 1. The van der Waals surface area contributed by atoms with Crippen LogP contribution in [-0.4, -0.2) is 17.9 Å². The second kappa shape index (κ2) is 6.29. The number of fused-ring (bicyclic) bond motifs is 1. The minimum atomic E-state index is -0.147. The molecule has 2 aliphatic rings. The standard InChI is InChI=1S/C19H16N2O3S/c1-11-3-5-14(12(2)7-11)20-19-21-18(22)17(25-19)9-13-4-6-15-16(8-13)24-10-23-15/h3-9H,10H2,1-2H3,(H,20,21,22)/b17-9-. The monoisotopic (exact) mass is 352 g/mol. The highest BCUT2D eigenvalue weighted by atomic mass is 32.2. The molecular weight excluding hydrogens is 336 g/mol. The molecule has 2 heterocycles. The van der Waals surface area contributed by atoms with Crippen molar-refractivity contribution in [2.24, 2.45) is 4.99 Å². The van der Waals surface area contributed by atoms with Crippen LogP contribution in [0.15, 0.2) is 46.3 Å². The van der Waals surface area contributed by atoms with Crippen LogP contribution >= 0.6 is 11.8 Å². The van der Waals surface area contributed by atoms with Gasteiger partial charge in [-0.15, -0.1) is 0 Å². The second-order valence-corrected chi connectivity index (χ2v) is 6.92. The molecule has 126 valence electrons. The number of hydrogen-bond donors (Lipinski definition) is 1. The average molecular weight is 352 g/mol. The van der Waals surface area contributed by atoms with Gasteiger partial charge in [0, 0.05) is 0 Å². The van der Waals surface area contributed by atoms with Gasteiger partial charge in [-0.3, -0.25) is 4.79 Å². The fourth-order valence-corrected chi connectivity index (χ4v) is 3.51. The minimum absolute atomic E-state index is 0.147. The Morgan fingerprint density at radius 2 is 1.96 bits per heavy atom. The van der Waals surface area contributed by atoms with E-state index in [1.165, 1.54) is 17.3 Å². The van der Waals surface area contributed by atoms with Crippen molar-refractivity contribution in [2.45, 2.75) is 13.8 Å². The summed E-state index contributed by atoms with van der Waals surface area (Å²) in [4.78, 5) is 17.4.